The van der Waals surface area contributed by atoms with Gasteiger partial charge in [0, 0.05) is 18.0 Å². The Kier molecular flexibility index (Phi) is 6.81. The molecule has 1 saturated carbocycles. The number of hydrogen-bond donors (Lipinski definition) is 1. The van der Waals surface area contributed by atoms with Gasteiger partial charge in [-0.05, 0) is 98.3 Å². The molecule has 0 bridgehead atoms. The van der Waals surface area contributed by atoms with Crippen LogP contribution in [0.3, 0.4) is 0 Å². The topological polar surface area (TPSA) is 32.3 Å². The number of halogens is 6. The predicted molar refractivity (Wildman–Crippen MR) is 131 cm³/mol. The van der Waals surface area contributed by atoms with Gasteiger partial charge in [-0.25, -0.2) is 0 Å². The molecule has 2 fully saturated rings. The van der Waals surface area contributed by atoms with Crippen LogP contribution in [0.2, 0.25) is 0 Å². The Morgan fingerprint density at radius 1 is 0.947 bits per heavy atom. The number of benzene rings is 2. The number of nitrogens with zero attached hydrogens (tertiary/aromatic N) is 1. The lowest BCUT2D eigenvalue weighted by Crippen LogP contribution is -2.46. The molecule has 5 rings (SSSR count). The number of likely N-dealkylation sites (tertiary alicyclic amines) is 1. The third kappa shape index (κ3) is 5.18. The Labute approximate surface area is 218 Å². The lowest BCUT2D eigenvalue weighted by Gasteiger charge is -2.43. The van der Waals surface area contributed by atoms with E-state index in [1.807, 2.05) is 6.92 Å². The molecule has 3 aliphatic rings. The van der Waals surface area contributed by atoms with Crippen LogP contribution in [0.5, 0.6) is 0 Å². The van der Waals surface area contributed by atoms with Gasteiger partial charge in [0.2, 0.25) is 5.91 Å². The van der Waals surface area contributed by atoms with E-state index < -0.39 is 35.4 Å². The monoisotopic (exact) mass is 538 g/mol. The second-order valence-electron chi connectivity index (χ2n) is 11.5. The normalized spacial score (nSPS) is 25.5. The van der Waals surface area contributed by atoms with Crippen LogP contribution in [0.25, 0.3) is 0 Å². The fourth-order valence-corrected chi connectivity index (χ4v) is 6.85. The van der Waals surface area contributed by atoms with E-state index in [1.165, 1.54) is 17.5 Å². The molecule has 2 aromatic carbocycles. The molecule has 2 aromatic rings. The SMILES string of the molecule is C[C@]1(C(=O)NCc2cc(C(F)(F)F)cc(C(F)(F)F)c2)CC[C@@H](N2CCC3(CCc4ccccc43)CC2)C1. The van der Waals surface area contributed by atoms with Crippen molar-refractivity contribution >= 4 is 5.91 Å². The highest BCUT2D eigenvalue weighted by Gasteiger charge is 2.46. The van der Waals surface area contributed by atoms with Gasteiger partial charge in [0.05, 0.1) is 11.1 Å². The molecule has 1 saturated heterocycles. The molecule has 0 unspecified atom stereocenters. The Morgan fingerprint density at radius 2 is 1.58 bits per heavy atom. The number of aryl methyl sites for hydroxylation is 1. The van der Waals surface area contributed by atoms with Crippen molar-refractivity contribution in [2.75, 3.05) is 13.1 Å². The maximum Gasteiger partial charge on any atom is 0.416 e. The molecule has 9 heteroatoms. The molecule has 0 aromatic heterocycles. The number of carbonyl (C=O) groups is 1. The van der Waals surface area contributed by atoms with Crippen LogP contribution in [-0.4, -0.2) is 29.9 Å². The third-order valence-electron chi connectivity index (χ3n) is 9.10. The molecule has 1 amide bonds. The Bertz CT molecular complexity index is 1170. The van der Waals surface area contributed by atoms with Crippen molar-refractivity contribution in [1.29, 1.82) is 0 Å². The van der Waals surface area contributed by atoms with Gasteiger partial charge in [-0.15, -0.1) is 0 Å². The lowest BCUT2D eigenvalue weighted by molar-refractivity contribution is -0.143. The molecule has 1 heterocycles. The number of amides is 1. The Hall–Kier alpha value is -2.55. The van der Waals surface area contributed by atoms with Crippen LogP contribution in [0.1, 0.15) is 73.3 Å². The highest BCUT2D eigenvalue weighted by molar-refractivity contribution is 5.82. The van der Waals surface area contributed by atoms with E-state index in [0.29, 0.717) is 25.0 Å². The summed E-state index contributed by atoms with van der Waals surface area (Å²) in [5.41, 5.74) is -0.515. The standard InChI is InChI=1S/C29H32F6N2O/c1-26(25(38)36-18-19-14-21(28(30,31)32)16-22(15-19)29(33,34)35)8-7-23(17-26)37-12-10-27(11-13-37)9-6-20-4-2-3-5-24(20)27/h2-5,14-16,23H,6-13,17-18H2,1H3,(H,36,38)/t23-,26+/m1/s1. The summed E-state index contributed by atoms with van der Waals surface area (Å²) >= 11 is 0. The van der Waals surface area contributed by atoms with Crippen molar-refractivity contribution in [2.24, 2.45) is 5.41 Å². The van der Waals surface area contributed by atoms with E-state index in [-0.39, 0.29) is 29.0 Å². The van der Waals surface area contributed by atoms with Crippen molar-refractivity contribution < 1.29 is 31.1 Å². The van der Waals surface area contributed by atoms with E-state index in [4.69, 9.17) is 0 Å². The van der Waals surface area contributed by atoms with Crippen LogP contribution in [-0.2, 0) is 35.5 Å². The first-order valence-corrected chi connectivity index (χ1v) is 13.2. The van der Waals surface area contributed by atoms with Gasteiger partial charge in [0.1, 0.15) is 0 Å². The minimum atomic E-state index is -4.92. The van der Waals surface area contributed by atoms with E-state index in [0.717, 1.165) is 38.8 Å². The van der Waals surface area contributed by atoms with Gasteiger partial charge in [0.25, 0.3) is 0 Å². The fraction of sp³-hybridized carbons (Fsp3) is 0.552. The summed E-state index contributed by atoms with van der Waals surface area (Å²) in [5.74, 6) is -0.329. The van der Waals surface area contributed by atoms with E-state index >= 15 is 0 Å². The number of carbonyl (C=O) groups excluding carboxylic acids is 1. The second kappa shape index (κ2) is 9.57. The lowest BCUT2D eigenvalue weighted by atomic mass is 9.73. The summed E-state index contributed by atoms with van der Waals surface area (Å²) in [6, 6.07) is 10.4. The third-order valence-corrected chi connectivity index (χ3v) is 9.10. The number of fused-ring (bicyclic) bond motifs is 2. The van der Waals surface area contributed by atoms with E-state index in [1.54, 1.807) is 0 Å². The summed E-state index contributed by atoms with van der Waals surface area (Å²) in [5, 5.41) is 2.62. The molecule has 0 radical (unpaired) electrons. The smallest absolute Gasteiger partial charge is 0.352 e. The fourth-order valence-electron chi connectivity index (χ4n) is 6.85. The van der Waals surface area contributed by atoms with Crippen LogP contribution >= 0.6 is 0 Å². The highest BCUT2D eigenvalue weighted by Crippen LogP contribution is 2.48. The van der Waals surface area contributed by atoms with Crippen molar-refractivity contribution in [1.82, 2.24) is 10.2 Å². The van der Waals surface area contributed by atoms with Crippen molar-refractivity contribution in [2.45, 2.75) is 82.2 Å². The van der Waals surface area contributed by atoms with Gasteiger partial charge < -0.3 is 10.2 Å². The molecular weight excluding hydrogens is 506 g/mol. The zero-order valence-corrected chi connectivity index (χ0v) is 21.3. The summed E-state index contributed by atoms with van der Waals surface area (Å²) in [7, 11) is 0. The van der Waals surface area contributed by atoms with Gasteiger partial charge >= 0.3 is 12.4 Å². The first kappa shape index (κ1) is 27.0. The Balaban J connectivity index is 1.20. The summed E-state index contributed by atoms with van der Waals surface area (Å²) in [6.07, 6.45) is -3.28. The van der Waals surface area contributed by atoms with Crippen LogP contribution in [0, 0.1) is 5.41 Å². The molecule has 1 spiro atoms. The van der Waals surface area contributed by atoms with Crippen molar-refractivity contribution in [3.63, 3.8) is 0 Å². The Morgan fingerprint density at radius 3 is 2.21 bits per heavy atom. The molecule has 1 aliphatic heterocycles. The number of piperidine rings is 1. The molecular formula is C29H32F6N2O. The number of nitrogens with one attached hydrogen (secondary N) is 1. The van der Waals surface area contributed by atoms with Crippen molar-refractivity contribution in [3.05, 3.63) is 70.3 Å². The average molecular weight is 539 g/mol. The molecule has 1 N–H and O–H groups in total. The zero-order valence-electron chi connectivity index (χ0n) is 21.3. The number of hydrogen-bond acceptors (Lipinski definition) is 2. The molecule has 2 atom stereocenters. The van der Waals surface area contributed by atoms with Gasteiger partial charge in [-0.1, -0.05) is 31.2 Å². The van der Waals surface area contributed by atoms with Crippen molar-refractivity contribution in [3.8, 4) is 0 Å². The average Bonchev–Trinajstić information content (AvgIpc) is 3.44. The molecule has 3 nitrogen and oxygen atoms in total. The van der Waals surface area contributed by atoms with E-state index in [2.05, 4.69) is 34.5 Å². The van der Waals surface area contributed by atoms with Gasteiger partial charge in [0.15, 0.2) is 0 Å². The van der Waals surface area contributed by atoms with E-state index in [9.17, 15) is 31.1 Å². The minimum Gasteiger partial charge on any atom is -0.352 e. The molecule has 2 aliphatic carbocycles. The van der Waals surface area contributed by atoms with Gasteiger partial charge in [-0.3, -0.25) is 4.79 Å². The van der Waals surface area contributed by atoms with Crippen LogP contribution in [0.15, 0.2) is 42.5 Å². The zero-order chi connectivity index (χ0) is 27.3. The summed E-state index contributed by atoms with van der Waals surface area (Å²) in [6.45, 7) is 3.37. The van der Waals surface area contributed by atoms with Crippen LogP contribution < -0.4 is 5.32 Å². The summed E-state index contributed by atoms with van der Waals surface area (Å²) < 4.78 is 79.0. The molecule has 38 heavy (non-hydrogen) atoms. The maximum absolute atomic E-state index is 13.2. The highest BCUT2D eigenvalue weighted by atomic mass is 19.4. The number of rotatable bonds is 4. The predicted octanol–water partition coefficient (Wildman–Crippen LogP) is 6.88. The number of alkyl halides is 6. The maximum atomic E-state index is 13.2. The largest absolute Gasteiger partial charge is 0.416 e. The second-order valence-corrected chi connectivity index (χ2v) is 11.5. The quantitative estimate of drug-likeness (QED) is 0.431. The summed E-state index contributed by atoms with van der Waals surface area (Å²) in [4.78, 5) is 15.6. The minimum absolute atomic E-state index is 0.0983. The first-order valence-electron chi connectivity index (χ1n) is 13.2. The van der Waals surface area contributed by atoms with Crippen LogP contribution in [0.4, 0.5) is 26.3 Å². The van der Waals surface area contributed by atoms with Gasteiger partial charge in [-0.2, -0.15) is 26.3 Å². The molecule has 206 valence electrons. The first-order chi connectivity index (χ1) is 17.8.